The maximum atomic E-state index is 13.4. The van der Waals surface area contributed by atoms with Crippen molar-refractivity contribution in [1.29, 1.82) is 0 Å². The van der Waals surface area contributed by atoms with Gasteiger partial charge in [-0.2, -0.15) is 25.9 Å². The maximum absolute atomic E-state index is 13.4. The van der Waals surface area contributed by atoms with Crippen LogP contribution in [0, 0.1) is 5.41 Å². The van der Waals surface area contributed by atoms with Crippen LogP contribution in [0.15, 0.2) is 24.3 Å². The van der Waals surface area contributed by atoms with Gasteiger partial charge in [0, 0.05) is 13.0 Å². The summed E-state index contributed by atoms with van der Waals surface area (Å²) >= 11 is 0. The topological polar surface area (TPSA) is 93.2 Å². The van der Waals surface area contributed by atoms with Gasteiger partial charge in [0.05, 0.1) is 18.8 Å². The van der Waals surface area contributed by atoms with Crippen LogP contribution in [0.25, 0.3) is 0 Å². The van der Waals surface area contributed by atoms with Crippen LogP contribution in [-0.4, -0.2) is 49.8 Å². The Kier molecular flexibility index (Phi) is 7.08. The van der Waals surface area contributed by atoms with E-state index in [1.807, 2.05) is 0 Å². The Bertz CT molecular complexity index is 970. The predicted molar refractivity (Wildman–Crippen MR) is 110 cm³/mol. The molecule has 0 unspecified atom stereocenters. The SMILES string of the molecule is CC(C)(C)COC(=O)N(c1ccccc1CN1CCC(C)(C)OC1=O)S(=O)(=O)C(F)(F)F. The molecule has 12 heteroatoms. The van der Waals surface area contributed by atoms with Crippen molar-refractivity contribution < 1.29 is 40.7 Å². The number of carbonyl (C=O) groups excluding carboxylic acids is 2. The molecule has 1 aliphatic heterocycles. The minimum absolute atomic E-state index is 0.00434. The smallest absolute Gasteiger partial charge is 0.448 e. The number of hydrogen-bond donors (Lipinski definition) is 0. The number of cyclic esters (lactones) is 1. The Morgan fingerprint density at radius 2 is 1.81 bits per heavy atom. The number of carbonyl (C=O) groups is 2. The third-order valence-corrected chi connectivity index (χ3v) is 5.92. The van der Waals surface area contributed by atoms with E-state index in [4.69, 9.17) is 9.47 Å². The summed E-state index contributed by atoms with van der Waals surface area (Å²) in [4.78, 5) is 26.1. The molecule has 1 saturated heterocycles. The molecular formula is C20H27F3N2O6S. The molecule has 2 amide bonds. The molecule has 0 spiro atoms. The largest absolute Gasteiger partial charge is 0.517 e. The summed E-state index contributed by atoms with van der Waals surface area (Å²) in [6.45, 7) is 8.10. The van der Waals surface area contributed by atoms with E-state index in [-0.39, 0.29) is 25.3 Å². The Labute approximate surface area is 185 Å². The molecule has 180 valence electrons. The van der Waals surface area contributed by atoms with Gasteiger partial charge < -0.3 is 14.4 Å². The lowest BCUT2D eigenvalue weighted by molar-refractivity contribution is -0.0439. The van der Waals surface area contributed by atoms with Gasteiger partial charge in [0.2, 0.25) is 0 Å². The van der Waals surface area contributed by atoms with Gasteiger partial charge in [0.25, 0.3) is 0 Å². The summed E-state index contributed by atoms with van der Waals surface area (Å²) in [6.07, 6.45) is -1.93. The molecule has 8 nitrogen and oxygen atoms in total. The number of para-hydroxylation sites is 1. The molecule has 2 rings (SSSR count). The summed E-state index contributed by atoms with van der Waals surface area (Å²) in [7, 11) is -6.13. The summed E-state index contributed by atoms with van der Waals surface area (Å²) in [5, 5.41) is 0. The van der Waals surface area contributed by atoms with E-state index in [2.05, 4.69) is 0 Å². The lowest BCUT2D eigenvalue weighted by Crippen LogP contribution is -2.47. The summed E-state index contributed by atoms with van der Waals surface area (Å²) in [5.74, 6) is 0. The number of anilines is 1. The van der Waals surface area contributed by atoms with Gasteiger partial charge >= 0.3 is 27.7 Å². The van der Waals surface area contributed by atoms with Crippen LogP contribution in [0.3, 0.4) is 0 Å². The van der Waals surface area contributed by atoms with Gasteiger partial charge in [-0.25, -0.2) is 9.59 Å². The Balaban J connectivity index is 2.47. The highest BCUT2D eigenvalue weighted by molar-refractivity contribution is 7.94. The van der Waals surface area contributed by atoms with Crippen LogP contribution >= 0.6 is 0 Å². The van der Waals surface area contributed by atoms with E-state index < -0.39 is 48.7 Å². The third kappa shape index (κ3) is 6.05. The quantitative estimate of drug-likeness (QED) is 0.609. The zero-order valence-electron chi connectivity index (χ0n) is 18.5. The number of rotatable bonds is 5. The van der Waals surface area contributed by atoms with Crippen LogP contribution in [0.5, 0.6) is 0 Å². The van der Waals surface area contributed by atoms with Crippen molar-refractivity contribution >= 4 is 27.9 Å². The lowest BCUT2D eigenvalue weighted by Gasteiger charge is -2.37. The van der Waals surface area contributed by atoms with Gasteiger partial charge in [-0.3, -0.25) is 0 Å². The summed E-state index contributed by atoms with van der Waals surface area (Å²) < 4.78 is 74.7. The van der Waals surface area contributed by atoms with Gasteiger partial charge in [-0.1, -0.05) is 39.0 Å². The fourth-order valence-corrected chi connectivity index (χ4v) is 3.70. The molecule has 0 saturated carbocycles. The number of sulfonamides is 1. The van der Waals surface area contributed by atoms with Crippen molar-refractivity contribution in [3.8, 4) is 0 Å². The van der Waals surface area contributed by atoms with Gasteiger partial charge in [0.1, 0.15) is 5.60 Å². The molecule has 1 aliphatic rings. The molecule has 0 N–H and O–H groups in total. The van der Waals surface area contributed by atoms with E-state index in [9.17, 15) is 31.2 Å². The minimum atomic E-state index is -6.13. The highest BCUT2D eigenvalue weighted by Crippen LogP contribution is 2.35. The van der Waals surface area contributed by atoms with Gasteiger partial charge in [-0.05, 0) is 30.9 Å². The second kappa shape index (κ2) is 8.80. The Morgan fingerprint density at radius 3 is 2.34 bits per heavy atom. The first-order valence-electron chi connectivity index (χ1n) is 9.79. The van der Waals surface area contributed by atoms with E-state index in [1.165, 1.54) is 23.1 Å². The van der Waals surface area contributed by atoms with E-state index in [0.29, 0.717) is 6.42 Å². The number of alkyl halides is 3. The summed E-state index contributed by atoms with van der Waals surface area (Å²) in [5.41, 5.74) is -7.62. The fourth-order valence-electron chi connectivity index (χ4n) is 2.81. The normalized spacial score (nSPS) is 17.0. The molecular weight excluding hydrogens is 453 g/mol. The first-order valence-corrected chi connectivity index (χ1v) is 11.2. The average molecular weight is 481 g/mol. The standard InChI is InChI=1S/C20H27F3N2O6S/c1-18(2,3)13-30-17(27)25(32(28,29)20(21,22)23)15-9-7-6-8-14(15)12-24-11-10-19(4,5)31-16(24)26/h6-9H,10-13H2,1-5H3. The number of hydrogen-bond acceptors (Lipinski definition) is 6. The first-order chi connectivity index (χ1) is 14.4. The second-order valence-corrected chi connectivity index (χ2v) is 11.0. The van der Waals surface area contributed by atoms with Crippen molar-refractivity contribution in [2.24, 2.45) is 5.41 Å². The lowest BCUT2D eigenvalue weighted by atomic mass is 9.99. The Hall–Kier alpha value is -2.50. The number of ether oxygens (including phenoxy) is 2. The van der Waals surface area contributed by atoms with Crippen molar-refractivity contribution in [1.82, 2.24) is 4.90 Å². The third-order valence-electron chi connectivity index (χ3n) is 4.50. The molecule has 1 aromatic carbocycles. The highest BCUT2D eigenvalue weighted by atomic mass is 32.2. The molecule has 0 bridgehead atoms. The van der Waals surface area contributed by atoms with Gasteiger partial charge in [0.15, 0.2) is 0 Å². The van der Waals surface area contributed by atoms with Crippen LogP contribution in [0.2, 0.25) is 0 Å². The number of halogens is 3. The van der Waals surface area contributed by atoms with Crippen LogP contribution in [0.4, 0.5) is 28.4 Å². The zero-order chi connectivity index (χ0) is 24.5. The summed E-state index contributed by atoms with van der Waals surface area (Å²) in [6, 6.07) is 5.12. The molecule has 0 radical (unpaired) electrons. The molecule has 32 heavy (non-hydrogen) atoms. The monoisotopic (exact) mass is 480 g/mol. The highest BCUT2D eigenvalue weighted by Gasteiger charge is 2.53. The van der Waals surface area contributed by atoms with Crippen molar-refractivity contribution in [2.45, 2.75) is 58.7 Å². The maximum Gasteiger partial charge on any atom is 0.517 e. The van der Waals surface area contributed by atoms with Crippen LogP contribution in [-0.2, 0) is 26.0 Å². The number of nitrogens with zero attached hydrogens (tertiary/aromatic N) is 2. The first kappa shape index (κ1) is 25.8. The van der Waals surface area contributed by atoms with E-state index in [0.717, 1.165) is 6.07 Å². The van der Waals surface area contributed by atoms with Crippen molar-refractivity contribution in [3.63, 3.8) is 0 Å². The van der Waals surface area contributed by atoms with E-state index in [1.54, 1.807) is 34.6 Å². The number of benzene rings is 1. The molecule has 0 atom stereocenters. The van der Waals surface area contributed by atoms with Crippen molar-refractivity contribution in [3.05, 3.63) is 29.8 Å². The predicted octanol–water partition coefficient (Wildman–Crippen LogP) is 4.65. The molecule has 0 aromatic heterocycles. The number of amides is 2. The molecule has 0 aliphatic carbocycles. The molecule has 1 fully saturated rings. The van der Waals surface area contributed by atoms with Crippen LogP contribution in [0.1, 0.15) is 46.6 Å². The minimum Gasteiger partial charge on any atom is -0.448 e. The van der Waals surface area contributed by atoms with Crippen LogP contribution < -0.4 is 4.31 Å². The van der Waals surface area contributed by atoms with Crippen molar-refractivity contribution in [2.75, 3.05) is 17.5 Å². The Morgan fingerprint density at radius 1 is 1.22 bits per heavy atom. The fraction of sp³-hybridized carbons (Fsp3) is 0.600. The molecule has 1 aromatic rings. The van der Waals surface area contributed by atoms with Gasteiger partial charge in [-0.15, -0.1) is 0 Å². The zero-order valence-corrected chi connectivity index (χ0v) is 19.3. The average Bonchev–Trinajstić information content (AvgIpc) is 2.61. The second-order valence-electron chi connectivity index (χ2n) is 9.26. The van der Waals surface area contributed by atoms with E-state index >= 15 is 0 Å². The molecule has 1 heterocycles.